The van der Waals surface area contributed by atoms with Crippen LogP contribution in [-0.2, 0) is 6.42 Å². The van der Waals surface area contributed by atoms with Crippen LogP contribution in [0.1, 0.15) is 12.0 Å². The summed E-state index contributed by atoms with van der Waals surface area (Å²) in [7, 11) is 0. The van der Waals surface area contributed by atoms with E-state index in [1.807, 2.05) is 4.90 Å². The molecule has 5 nitrogen and oxygen atoms in total. The molecule has 0 unspecified atom stereocenters. The summed E-state index contributed by atoms with van der Waals surface area (Å²) in [6.07, 6.45) is 3.19. The standard InChI is InChI=1S/C21H23F2N5/c22-16-5-3-15(4-6-16)2-1-7-25-21-17-12-18(23)20(13-19(17)26-14-27-21)28-10-8-24-9-11-28/h3-6,12-14,24H,1-2,7-11H2,(H,25,26,27). The molecule has 1 aromatic heterocycles. The van der Waals surface area contributed by atoms with E-state index in [1.165, 1.54) is 24.5 Å². The van der Waals surface area contributed by atoms with Gasteiger partial charge >= 0.3 is 0 Å². The van der Waals surface area contributed by atoms with E-state index in [4.69, 9.17) is 0 Å². The molecule has 2 heterocycles. The quantitative estimate of drug-likeness (QED) is 0.640. The molecule has 0 spiro atoms. The monoisotopic (exact) mass is 383 g/mol. The summed E-state index contributed by atoms with van der Waals surface area (Å²) in [4.78, 5) is 10.7. The minimum atomic E-state index is -0.251. The van der Waals surface area contributed by atoms with Gasteiger partial charge in [0.2, 0.25) is 0 Å². The molecule has 0 atom stereocenters. The number of hydrogen-bond acceptors (Lipinski definition) is 5. The van der Waals surface area contributed by atoms with Crippen LogP contribution < -0.4 is 15.5 Å². The average molecular weight is 383 g/mol. The van der Waals surface area contributed by atoms with Gasteiger partial charge in [-0.05, 0) is 42.7 Å². The van der Waals surface area contributed by atoms with E-state index in [0.29, 0.717) is 23.4 Å². The zero-order chi connectivity index (χ0) is 19.3. The molecule has 0 amide bonds. The van der Waals surface area contributed by atoms with Crippen molar-refractivity contribution in [2.24, 2.45) is 0 Å². The lowest BCUT2D eigenvalue weighted by molar-refractivity contribution is 0.567. The van der Waals surface area contributed by atoms with Crippen molar-refractivity contribution in [1.82, 2.24) is 15.3 Å². The van der Waals surface area contributed by atoms with E-state index in [-0.39, 0.29) is 11.6 Å². The van der Waals surface area contributed by atoms with Crippen molar-refractivity contribution in [3.05, 3.63) is 59.9 Å². The third-order valence-electron chi connectivity index (χ3n) is 5.01. The van der Waals surface area contributed by atoms with Crippen molar-refractivity contribution in [2.45, 2.75) is 12.8 Å². The predicted octanol–water partition coefficient (Wildman–Crippen LogP) is 3.36. The van der Waals surface area contributed by atoms with Gasteiger partial charge in [0, 0.05) is 38.1 Å². The normalized spacial score (nSPS) is 14.4. The molecule has 3 aromatic rings. The van der Waals surface area contributed by atoms with Crippen LogP contribution in [-0.4, -0.2) is 42.7 Å². The second-order valence-corrected chi connectivity index (χ2v) is 6.94. The zero-order valence-corrected chi connectivity index (χ0v) is 15.6. The Bertz CT molecular complexity index is 939. The van der Waals surface area contributed by atoms with Gasteiger partial charge in [0.25, 0.3) is 0 Å². The van der Waals surface area contributed by atoms with Gasteiger partial charge in [0.15, 0.2) is 0 Å². The predicted molar refractivity (Wildman–Crippen MR) is 108 cm³/mol. The number of anilines is 2. The third kappa shape index (κ3) is 4.20. The lowest BCUT2D eigenvalue weighted by Crippen LogP contribution is -2.43. The number of piperazine rings is 1. The van der Waals surface area contributed by atoms with Crippen molar-refractivity contribution in [1.29, 1.82) is 0 Å². The van der Waals surface area contributed by atoms with Gasteiger partial charge in [-0.1, -0.05) is 12.1 Å². The lowest BCUT2D eigenvalue weighted by Gasteiger charge is -2.29. The molecule has 0 saturated carbocycles. The number of benzene rings is 2. The van der Waals surface area contributed by atoms with E-state index in [2.05, 4.69) is 20.6 Å². The number of aromatic nitrogens is 2. The molecule has 1 aliphatic rings. The van der Waals surface area contributed by atoms with Gasteiger partial charge in [-0.2, -0.15) is 0 Å². The van der Waals surface area contributed by atoms with Crippen molar-refractivity contribution in [2.75, 3.05) is 42.9 Å². The fourth-order valence-corrected chi connectivity index (χ4v) is 3.50. The van der Waals surface area contributed by atoms with Crippen LogP contribution in [0.4, 0.5) is 20.3 Å². The maximum Gasteiger partial charge on any atom is 0.147 e. The first-order chi connectivity index (χ1) is 13.7. The Labute approximate surface area is 162 Å². The van der Waals surface area contributed by atoms with Gasteiger partial charge in [0.1, 0.15) is 23.8 Å². The number of aryl methyl sites for hydroxylation is 1. The number of fused-ring (bicyclic) bond motifs is 1. The van der Waals surface area contributed by atoms with E-state index in [9.17, 15) is 8.78 Å². The van der Waals surface area contributed by atoms with Crippen molar-refractivity contribution >= 4 is 22.4 Å². The van der Waals surface area contributed by atoms with Crippen LogP contribution in [0.2, 0.25) is 0 Å². The van der Waals surface area contributed by atoms with E-state index in [1.54, 1.807) is 18.2 Å². The minimum Gasteiger partial charge on any atom is -0.369 e. The van der Waals surface area contributed by atoms with Gasteiger partial charge in [-0.15, -0.1) is 0 Å². The SMILES string of the molecule is Fc1ccc(CCCNc2ncnc3cc(N4CCNCC4)c(F)cc23)cc1. The summed E-state index contributed by atoms with van der Waals surface area (Å²) in [6.45, 7) is 3.94. The van der Waals surface area contributed by atoms with E-state index < -0.39 is 0 Å². The molecular formula is C21H23F2N5. The highest BCUT2D eigenvalue weighted by Gasteiger charge is 2.17. The Morgan fingerprint density at radius 2 is 1.82 bits per heavy atom. The summed E-state index contributed by atoms with van der Waals surface area (Å²) in [6, 6.07) is 9.86. The van der Waals surface area contributed by atoms with Crippen LogP contribution in [0.15, 0.2) is 42.7 Å². The second kappa shape index (κ2) is 8.48. The van der Waals surface area contributed by atoms with Gasteiger partial charge < -0.3 is 15.5 Å². The van der Waals surface area contributed by atoms with E-state index in [0.717, 1.165) is 50.1 Å². The molecule has 7 heteroatoms. The second-order valence-electron chi connectivity index (χ2n) is 6.94. The fraction of sp³-hybridized carbons (Fsp3) is 0.333. The molecule has 1 aliphatic heterocycles. The highest BCUT2D eigenvalue weighted by molar-refractivity contribution is 5.91. The minimum absolute atomic E-state index is 0.225. The fourth-order valence-electron chi connectivity index (χ4n) is 3.50. The number of rotatable bonds is 6. The third-order valence-corrected chi connectivity index (χ3v) is 5.01. The zero-order valence-electron chi connectivity index (χ0n) is 15.6. The first-order valence-electron chi connectivity index (χ1n) is 9.59. The Morgan fingerprint density at radius 1 is 1.04 bits per heavy atom. The Morgan fingerprint density at radius 3 is 2.61 bits per heavy atom. The molecular weight excluding hydrogens is 360 g/mol. The number of hydrogen-bond donors (Lipinski definition) is 2. The molecule has 28 heavy (non-hydrogen) atoms. The van der Waals surface area contributed by atoms with Crippen LogP contribution in [0.5, 0.6) is 0 Å². The molecule has 0 radical (unpaired) electrons. The van der Waals surface area contributed by atoms with Crippen LogP contribution in [0.3, 0.4) is 0 Å². The maximum atomic E-state index is 14.8. The molecule has 0 bridgehead atoms. The molecule has 0 aliphatic carbocycles. The molecule has 2 N–H and O–H groups in total. The number of nitrogens with zero attached hydrogens (tertiary/aromatic N) is 3. The number of halogens is 2. The summed E-state index contributed by atoms with van der Waals surface area (Å²) in [5, 5.41) is 7.24. The highest BCUT2D eigenvalue weighted by Crippen LogP contribution is 2.28. The number of nitrogens with one attached hydrogen (secondary N) is 2. The topological polar surface area (TPSA) is 53.1 Å². The Kier molecular flexibility index (Phi) is 5.62. The molecule has 1 saturated heterocycles. The maximum absolute atomic E-state index is 14.8. The van der Waals surface area contributed by atoms with Gasteiger partial charge in [-0.25, -0.2) is 18.7 Å². The van der Waals surface area contributed by atoms with E-state index >= 15 is 0 Å². The first kappa shape index (κ1) is 18.6. The highest BCUT2D eigenvalue weighted by atomic mass is 19.1. The first-order valence-corrected chi connectivity index (χ1v) is 9.59. The Balaban J connectivity index is 1.45. The average Bonchev–Trinajstić information content (AvgIpc) is 2.73. The van der Waals surface area contributed by atoms with Crippen LogP contribution in [0.25, 0.3) is 10.9 Å². The molecule has 2 aromatic carbocycles. The summed E-state index contributed by atoms with van der Waals surface area (Å²) < 4.78 is 27.7. The van der Waals surface area contributed by atoms with Crippen molar-refractivity contribution < 1.29 is 8.78 Å². The van der Waals surface area contributed by atoms with Crippen LogP contribution in [0, 0.1) is 11.6 Å². The molecule has 146 valence electrons. The van der Waals surface area contributed by atoms with Crippen molar-refractivity contribution in [3.63, 3.8) is 0 Å². The van der Waals surface area contributed by atoms with Gasteiger partial charge in [-0.3, -0.25) is 0 Å². The lowest BCUT2D eigenvalue weighted by atomic mass is 10.1. The van der Waals surface area contributed by atoms with Crippen LogP contribution >= 0.6 is 0 Å². The summed E-state index contributed by atoms with van der Waals surface area (Å²) >= 11 is 0. The summed E-state index contributed by atoms with van der Waals surface area (Å²) in [5.74, 6) is 0.157. The van der Waals surface area contributed by atoms with Gasteiger partial charge in [0.05, 0.1) is 11.2 Å². The molecule has 1 fully saturated rings. The smallest absolute Gasteiger partial charge is 0.147 e. The molecule has 4 rings (SSSR count). The Hall–Kier alpha value is -2.80. The largest absolute Gasteiger partial charge is 0.369 e. The summed E-state index contributed by atoms with van der Waals surface area (Å²) in [5.41, 5.74) is 2.41. The van der Waals surface area contributed by atoms with Crippen molar-refractivity contribution in [3.8, 4) is 0 Å².